The summed E-state index contributed by atoms with van der Waals surface area (Å²) >= 11 is 3.49. The van der Waals surface area contributed by atoms with Gasteiger partial charge in [0.15, 0.2) is 0 Å². The highest BCUT2D eigenvalue weighted by molar-refractivity contribution is 9.10. The Kier molecular flexibility index (Phi) is 5.38. The van der Waals surface area contributed by atoms with Crippen molar-refractivity contribution in [2.75, 3.05) is 13.7 Å². The van der Waals surface area contributed by atoms with Crippen LogP contribution in [0.1, 0.15) is 12.5 Å². The first-order valence-corrected chi connectivity index (χ1v) is 7.19. The number of halogens is 1. The minimum absolute atomic E-state index is 0.730. The minimum atomic E-state index is 0.730. The van der Waals surface area contributed by atoms with E-state index in [1.54, 1.807) is 13.3 Å². The van der Waals surface area contributed by atoms with E-state index in [9.17, 15) is 0 Å². The molecule has 0 fully saturated rings. The molecule has 0 amide bonds. The second-order valence-electron chi connectivity index (χ2n) is 4.16. The van der Waals surface area contributed by atoms with E-state index in [-0.39, 0.29) is 0 Å². The van der Waals surface area contributed by atoms with Crippen molar-refractivity contribution >= 4 is 15.9 Å². The molecular formula is C15H17BrN2O2. The molecule has 0 saturated carbocycles. The van der Waals surface area contributed by atoms with Gasteiger partial charge in [0, 0.05) is 24.5 Å². The van der Waals surface area contributed by atoms with Crippen LogP contribution in [0.2, 0.25) is 0 Å². The summed E-state index contributed by atoms with van der Waals surface area (Å²) in [5.41, 5.74) is 1.03. The highest BCUT2D eigenvalue weighted by Gasteiger charge is 2.08. The number of benzene rings is 1. The maximum absolute atomic E-state index is 5.95. The quantitative estimate of drug-likeness (QED) is 0.872. The van der Waals surface area contributed by atoms with Crippen molar-refractivity contribution in [2.24, 2.45) is 0 Å². The van der Waals surface area contributed by atoms with E-state index in [0.717, 1.165) is 40.4 Å². The lowest BCUT2D eigenvalue weighted by Crippen LogP contribution is -2.12. The largest absolute Gasteiger partial charge is 0.497 e. The van der Waals surface area contributed by atoms with E-state index in [0.29, 0.717) is 0 Å². The number of methoxy groups -OCH3 is 1. The van der Waals surface area contributed by atoms with Gasteiger partial charge in [-0.05, 0) is 46.7 Å². The number of aromatic nitrogens is 1. The van der Waals surface area contributed by atoms with Crippen LogP contribution in [0.4, 0.5) is 0 Å². The molecule has 2 rings (SSSR count). The third-order valence-electron chi connectivity index (χ3n) is 2.78. The Morgan fingerprint density at radius 3 is 2.80 bits per heavy atom. The van der Waals surface area contributed by atoms with Gasteiger partial charge in [-0.3, -0.25) is 4.98 Å². The smallest absolute Gasteiger partial charge is 0.141 e. The molecular weight excluding hydrogens is 320 g/mol. The Bertz CT molecular complexity index is 576. The number of nitrogens with one attached hydrogen (secondary N) is 1. The number of hydrogen-bond acceptors (Lipinski definition) is 4. The van der Waals surface area contributed by atoms with E-state index >= 15 is 0 Å². The zero-order chi connectivity index (χ0) is 14.4. The second-order valence-corrected chi connectivity index (χ2v) is 5.02. The van der Waals surface area contributed by atoms with Gasteiger partial charge in [-0.15, -0.1) is 0 Å². The number of nitrogens with zero attached hydrogens (tertiary/aromatic N) is 1. The molecule has 20 heavy (non-hydrogen) atoms. The molecule has 0 radical (unpaired) electrons. The molecule has 2 aromatic rings. The van der Waals surface area contributed by atoms with E-state index in [1.807, 2.05) is 30.5 Å². The number of rotatable bonds is 6. The molecule has 0 atom stereocenters. The molecule has 0 aliphatic carbocycles. The lowest BCUT2D eigenvalue weighted by atomic mass is 10.2. The number of pyridine rings is 1. The van der Waals surface area contributed by atoms with Crippen LogP contribution in [-0.2, 0) is 6.54 Å². The normalized spacial score (nSPS) is 10.3. The van der Waals surface area contributed by atoms with Gasteiger partial charge >= 0.3 is 0 Å². The van der Waals surface area contributed by atoms with E-state index < -0.39 is 0 Å². The average molecular weight is 337 g/mol. The standard InChI is InChI=1S/C15H17BrN2O2/c1-3-17-9-11-10-18-7-6-14(11)20-15-5-4-12(19-2)8-13(15)16/h4-8,10,17H,3,9H2,1-2H3. The predicted octanol–water partition coefficient (Wildman–Crippen LogP) is 3.75. The molecule has 0 saturated heterocycles. The van der Waals surface area contributed by atoms with Gasteiger partial charge in [0.1, 0.15) is 17.2 Å². The van der Waals surface area contributed by atoms with Crippen molar-refractivity contribution < 1.29 is 9.47 Å². The van der Waals surface area contributed by atoms with E-state index in [1.165, 1.54) is 0 Å². The van der Waals surface area contributed by atoms with E-state index in [4.69, 9.17) is 9.47 Å². The fourth-order valence-corrected chi connectivity index (χ4v) is 2.15. The summed E-state index contributed by atoms with van der Waals surface area (Å²) in [6, 6.07) is 7.48. The Balaban J connectivity index is 2.21. The summed E-state index contributed by atoms with van der Waals surface area (Å²) in [4.78, 5) is 4.14. The number of hydrogen-bond donors (Lipinski definition) is 1. The topological polar surface area (TPSA) is 43.4 Å². The molecule has 0 unspecified atom stereocenters. The molecule has 1 aromatic heterocycles. The summed E-state index contributed by atoms with van der Waals surface area (Å²) < 4.78 is 12.0. The van der Waals surface area contributed by atoms with Gasteiger partial charge in [0.05, 0.1) is 11.6 Å². The maximum Gasteiger partial charge on any atom is 0.141 e. The van der Waals surface area contributed by atoms with Crippen molar-refractivity contribution in [1.82, 2.24) is 10.3 Å². The van der Waals surface area contributed by atoms with Gasteiger partial charge in [-0.2, -0.15) is 0 Å². The molecule has 0 aliphatic heterocycles. The third kappa shape index (κ3) is 3.71. The lowest BCUT2D eigenvalue weighted by Gasteiger charge is -2.12. The molecule has 0 bridgehead atoms. The zero-order valence-electron chi connectivity index (χ0n) is 11.5. The molecule has 0 spiro atoms. The average Bonchev–Trinajstić information content (AvgIpc) is 2.48. The molecule has 1 aromatic carbocycles. The van der Waals surface area contributed by atoms with Crippen molar-refractivity contribution in [1.29, 1.82) is 0 Å². The summed E-state index contributed by atoms with van der Waals surface area (Å²) in [7, 11) is 1.64. The highest BCUT2D eigenvalue weighted by Crippen LogP contribution is 2.33. The van der Waals surface area contributed by atoms with Crippen molar-refractivity contribution in [3.63, 3.8) is 0 Å². The zero-order valence-corrected chi connectivity index (χ0v) is 13.1. The Hall–Kier alpha value is -1.59. The first kappa shape index (κ1) is 14.8. The monoisotopic (exact) mass is 336 g/mol. The Morgan fingerprint density at radius 1 is 1.25 bits per heavy atom. The van der Waals surface area contributed by atoms with Crippen molar-refractivity contribution in [3.05, 3.63) is 46.7 Å². The second kappa shape index (κ2) is 7.26. The Morgan fingerprint density at radius 2 is 2.10 bits per heavy atom. The fraction of sp³-hybridized carbons (Fsp3) is 0.267. The fourth-order valence-electron chi connectivity index (χ4n) is 1.72. The first-order chi connectivity index (χ1) is 9.74. The molecule has 1 N–H and O–H groups in total. The molecule has 4 nitrogen and oxygen atoms in total. The van der Waals surface area contributed by atoms with Crippen LogP contribution in [0.15, 0.2) is 41.1 Å². The molecule has 1 heterocycles. The van der Waals surface area contributed by atoms with Crippen LogP contribution in [0.5, 0.6) is 17.2 Å². The summed E-state index contributed by atoms with van der Waals surface area (Å²) in [6.07, 6.45) is 3.54. The van der Waals surface area contributed by atoms with Gasteiger partial charge < -0.3 is 14.8 Å². The third-order valence-corrected chi connectivity index (χ3v) is 3.40. The molecule has 106 valence electrons. The Labute approximate surface area is 127 Å². The predicted molar refractivity (Wildman–Crippen MR) is 82.4 cm³/mol. The van der Waals surface area contributed by atoms with Crippen LogP contribution in [0.3, 0.4) is 0 Å². The van der Waals surface area contributed by atoms with Gasteiger partial charge in [0.25, 0.3) is 0 Å². The van der Waals surface area contributed by atoms with Crippen LogP contribution >= 0.6 is 15.9 Å². The SMILES string of the molecule is CCNCc1cnccc1Oc1ccc(OC)cc1Br. The minimum Gasteiger partial charge on any atom is -0.497 e. The van der Waals surface area contributed by atoms with Crippen LogP contribution in [0.25, 0.3) is 0 Å². The highest BCUT2D eigenvalue weighted by atomic mass is 79.9. The van der Waals surface area contributed by atoms with Crippen molar-refractivity contribution in [2.45, 2.75) is 13.5 Å². The van der Waals surface area contributed by atoms with Gasteiger partial charge in [0.2, 0.25) is 0 Å². The van der Waals surface area contributed by atoms with Crippen molar-refractivity contribution in [3.8, 4) is 17.2 Å². The maximum atomic E-state index is 5.95. The summed E-state index contributed by atoms with van der Waals surface area (Å²) in [5, 5.41) is 3.27. The number of ether oxygens (including phenoxy) is 2. The lowest BCUT2D eigenvalue weighted by molar-refractivity contribution is 0.412. The summed E-state index contributed by atoms with van der Waals surface area (Å²) in [6.45, 7) is 3.70. The van der Waals surface area contributed by atoms with Crippen LogP contribution in [-0.4, -0.2) is 18.6 Å². The van der Waals surface area contributed by atoms with Gasteiger partial charge in [-0.25, -0.2) is 0 Å². The molecule has 5 heteroatoms. The molecule has 0 aliphatic rings. The van der Waals surface area contributed by atoms with Crippen LogP contribution < -0.4 is 14.8 Å². The first-order valence-electron chi connectivity index (χ1n) is 6.39. The van der Waals surface area contributed by atoms with Gasteiger partial charge in [-0.1, -0.05) is 6.92 Å². The van der Waals surface area contributed by atoms with Crippen LogP contribution in [0, 0.1) is 0 Å². The van der Waals surface area contributed by atoms with E-state index in [2.05, 4.69) is 33.2 Å². The summed E-state index contributed by atoms with van der Waals surface area (Å²) in [5.74, 6) is 2.33.